The summed E-state index contributed by atoms with van der Waals surface area (Å²) in [6, 6.07) is 0.103. The molecule has 0 radical (unpaired) electrons. The number of carbonyl (C=O) groups is 6. The average Bonchev–Trinajstić information content (AvgIpc) is 3.83. The average molecular weight is 729 g/mol. The van der Waals surface area contributed by atoms with E-state index < -0.39 is 78.2 Å². The minimum atomic E-state index is -1.28. The molecule has 0 aliphatic heterocycles. The molecule has 1 aromatic carbocycles. The number of hydrogen-bond donors (Lipinski definition) is 11. The van der Waals surface area contributed by atoms with E-state index in [1.165, 1.54) is 37.2 Å². The summed E-state index contributed by atoms with van der Waals surface area (Å²) in [5.41, 5.74) is 7.79. The number of aromatic hydroxyl groups is 1. The molecule has 276 valence electrons. The van der Waals surface area contributed by atoms with Gasteiger partial charge in [0.25, 0.3) is 0 Å². The number of nitrogens with one attached hydrogen (secondary N) is 7. The Balaban J connectivity index is 1.75. The maximum absolute atomic E-state index is 13.6. The lowest BCUT2D eigenvalue weighted by atomic mass is 9.97. The number of H-pyrrole nitrogens is 2. The van der Waals surface area contributed by atoms with Crippen molar-refractivity contribution in [3.05, 3.63) is 66.3 Å². The van der Waals surface area contributed by atoms with Crippen LogP contribution in [-0.4, -0.2) is 108 Å². The molecule has 19 heteroatoms. The zero-order valence-electron chi connectivity index (χ0n) is 28.1. The van der Waals surface area contributed by atoms with Crippen LogP contribution in [-0.2, 0) is 48.0 Å². The molecule has 0 fully saturated rings. The van der Waals surface area contributed by atoms with Crippen LogP contribution in [0.15, 0.2) is 49.3 Å². The first-order chi connectivity index (χ1) is 24.3. The number of rotatable bonds is 20. The Bertz CT molecular complexity index is 1600. The monoisotopic (exact) mass is 728 g/mol. The quantitative estimate of drug-likeness (QED) is 0.0584. The van der Waals surface area contributed by atoms with Crippen molar-refractivity contribution < 1.29 is 39.0 Å². The number of amides is 5. The fraction of sp³-hybridized carbons (Fsp3) is 0.438. The molecule has 0 aliphatic rings. The predicted octanol–water partition coefficient (Wildman–Crippen LogP) is -1.69. The van der Waals surface area contributed by atoms with Crippen molar-refractivity contribution in [1.82, 2.24) is 46.5 Å². The van der Waals surface area contributed by atoms with Crippen LogP contribution in [0.3, 0.4) is 0 Å². The smallest absolute Gasteiger partial charge is 0.322 e. The summed E-state index contributed by atoms with van der Waals surface area (Å²) in [4.78, 5) is 91.2. The van der Waals surface area contributed by atoms with E-state index in [2.05, 4.69) is 59.1 Å². The summed E-state index contributed by atoms with van der Waals surface area (Å²) in [7, 11) is 0. The van der Waals surface area contributed by atoms with Crippen LogP contribution >= 0.6 is 12.6 Å². The van der Waals surface area contributed by atoms with Crippen LogP contribution in [0.5, 0.6) is 5.75 Å². The number of nitrogens with zero attached hydrogens (tertiary/aromatic N) is 2. The third-order valence-corrected chi connectivity index (χ3v) is 8.34. The van der Waals surface area contributed by atoms with Crippen molar-refractivity contribution in [2.45, 2.75) is 69.7 Å². The first-order valence-electron chi connectivity index (χ1n) is 16.1. The van der Waals surface area contributed by atoms with Crippen LogP contribution in [0.1, 0.15) is 37.2 Å². The molecule has 0 saturated carbocycles. The van der Waals surface area contributed by atoms with E-state index in [1.807, 2.05) is 0 Å². The third-order valence-electron chi connectivity index (χ3n) is 7.98. The number of phenols is 1. The number of nitrogens with two attached hydrogens (primary N) is 1. The SMILES string of the molecule is CCC(C)C(NC(=O)C(CS)NC(=O)C(Cc1ccc(O)cc1)NC(=O)C(N)Cc1cnc[nH]1)C(=O)NC(Cc1cnc[nH]1)C(=O)NCC(=O)O. The third kappa shape index (κ3) is 12.8. The maximum Gasteiger partial charge on any atom is 0.322 e. The van der Waals surface area contributed by atoms with Crippen molar-refractivity contribution in [2.24, 2.45) is 11.7 Å². The van der Waals surface area contributed by atoms with Gasteiger partial charge in [-0.05, 0) is 23.6 Å². The minimum absolute atomic E-state index is 0.00518. The van der Waals surface area contributed by atoms with E-state index in [4.69, 9.17) is 10.8 Å². The van der Waals surface area contributed by atoms with Crippen molar-refractivity contribution >= 4 is 48.1 Å². The number of carboxylic acids is 1. The number of imidazole rings is 2. The van der Waals surface area contributed by atoms with Gasteiger partial charge in [-0.3, -0.25) is 28.8 Å². The van der Waals surface area contributed by atoms with Gasteiger partial charge < -0.3 is 52.5 Å². The van der Waals surface area contributed by atoms with Crippen LogP contribution in [0.4, 0.5) is 0 Å². The van der Waals surface area contributed by atoms with Crippen LogP contribution in [0.2, 0.25) is 0 Å². The Labute approximate surface area is 299 Å². The van der Waals surface area contributed by atoms with Crippen molar-refractivity contribution in [1.29, 1.82) is 0 Å². The Kier molecular flexibility index (Phi) is 15.4. The van der Waals surface area contributed by atoms with Gasteiger partial charge in [-0.2, -0.15) is 12.6 Å². The molecule has 3 aromatic rings. The highest BCUT2D eigenvalue weighted by molar-refractivity contribution is 7.80. The highest BCUT2D eigenvalue weighted by Gasteiger charge is 2.34. The molecule has 0 saturated heterocycles. The second-order valence-electron chi connectivity index (χ2n) is 11.9. The number of thiol groups is 1. The van der Waals surface area contributed by atoms with E-state index in [-0.39, 0.29) is 30.8 Å². The van der Waals surface area contributed by atoms with Crippen LogP contribution < -0.4 is 32.3 Å². The Morgan fingerprint density at radius 1 is 0.784 bits per heavy atom. The first-order valence-corrected chi connectivity index (χ1v) is 16.7. The lowest BCUT2D eigenvalue weighted by Crippen LogP contribution is -2.61. The molecule has 6 atom stereocenters. The van der Waals surface area contributed by atoms with Crippen molar-refractivity contribution in [3.8, 4) is 5.75 Å². The molecular weight excluding hydrogens is 684 g/mol. The highest BCUT2D eigenvalue weighted by Crippen LogP contribution is 2.13. The lowest BCUT2D eigenvalue weighted by Gasteiger charge is -2.28. The molecular formula is C32H44N10O8S. The van der Waals surface area contributed by atoms with E-state index in [0.717, 1.165) is 0 Å². The van der Waals surface area contributed by atoms with Crippen LogP contribution in [0.25, 0.3) is 0 Å². The number of phenolic OH excluding ortho intramolecular Hbond substituents is 1. The van der Waals surface area contributed by atoms with E-state index in [1.54, 1.807) is 26.0 Å². The number of benzene rings is 1. The molecule has 18 nitrogen and oxygen atoms in total. The zero-order chi connectivity index (χ0) is 37.5. The van der Waals surface area contributed by atoms with Crippen molar-refractivity contribution in [3.63, 3.8) is 0 Å². The van der Waals surface area contributed by atoms with Gasteiger partial charge in [-0.25, -0.2) is 9.97 Å². The number of aromatic nitrogens is 4. The van der Waals surface area contributed by atoms with E-state index in [9.17, 15) is 33.9 Å². The Morgan fingerprint density at radius 2 is 1.33 bits per heavy atom. The largest absolute Gasteiger partial charge is 0.508 e. The molecule has 11 N–H and O–H groups in total. The first kappa shape index (κ1) is 40.0. The molecule has 6 unspecified atom stereocenters. The number of aromatic amines is 2. The van der Waals surface area contributed by atoms with E-state index in [0.29, 0.717) is 23.4 Å². The zero-order valence-corrected chi connectivity index (χ0v) is 29.0. The van der Waals surface area contributed by atoms with Gasteiger partial charge in [0, 0.05) is 48.8 Å². The summed E-state index contributed by atoms with van der Waals surface area (Å²) >= 11 is 4.25. The normalized spacial score (nSPS) is 14.5. The molecule has 0 aliphatic carbocycles. The lowest BCUT2D eigenvalue weighted by molar-refractivity contribution is -0.138. The minimum Gasteiger partial charge on any atom is -0.508 e. The van der Waals surface area contributed by atoms with Crippen LogP contribution in [0, 0.1) is 5.92 Å². The van der Waals surface area contributed by atoms with Gasteiger partial charge in [-0.1, -0.05) is 32.4 Å². The summed E-state index contributed by atoms with van der Waals surface area (Å²) in [5, 5.41) is 31.4. The van der Waals surface area contributed by atoms with E-state index >= 15 is 0 Å². The molecule has 3 rings (SSSR count). The van der Waals surface area contributed by atoms with Gasteiger partial charge in [0.2, 0.25) is 29.5 Å². The number of hydrogen-bond acceptors (Lipinski definition) is 11. The van der Waals surface area contributed by atoms with Gasteiger partial charge in [0.15, 0.2) is 0 Å². The molecule has 2 heterocycles. The topological polar surface area (TPSA) is 286 Å². The second kappa shape index (κ2) is 19.7. The Morgan fingerprint density at radius 3 is 1.88 bits per heavy atom. The summed E-state index contributed by atoms with van der Waals surface area (Å²) in [6.07, 6.45) is 6.27. The standard InChI is InChI=1S/C32H44N10O8S/c1-3-17(2)27(32(50)40-24(10-20-12-35-16-38-20)29(47)36-13-26(44)45)42-31(49)25(14-51)41-30(48)23(8-18-4-6-21(43)7-5-18)39-28(46)22(33)9-19-11-34-15-37-19/h4-7,11-12,15-17,22-25,27,43,51H,3,8-10,13-14,33H2,1-2H3,(H,34,37)(H,35,38)(H,36,47)(H,39,46)(H,40,50)(H,41,48)(H,42,49)(H,44,45). The molecule has 5 amide bonds. The summed E-state index contributed by atoms with van der Waals surface area (Å²) in [6.45, 7) is 2.83. The molecule has 2 aromatic heterocycles. The predicted molar refractivity (Wildman–Crippen MR) is 186 cm³/mol. The highest BCUT2D eigenvalue weighted by atomic mass is 32.1. The molecule has 51 heavy (non-hydrogen) atoms. The second-order valence-corrected chi connectivity index (χ2v) is 12.3. The fourth-order valence-electron chi connectivity index (χ4n) is 4.88. The number of carboxylic acid groups (broad SMARTS) is 1. The summed E-state index contributed by atoms with van der Waals surface area (Å²) in [5.74, 6) is -5.53. The number of carbonyl (C=O) groups excluding carboxylic acids is 5. The Hall–Kier alpha value is -5.43. The van der Waals surface area contributed by atoms with Gasteiger partial charge >= 0.3 is 5.97 Å². The maximum atomic E-state index is 13.6. The molecule has 0 spiro atoms. The molecule has 0 bridgehead atoms. The fourth-order valence-corrected chi connectivity index (χ4v) is 5.13. The summed E-state index contributed by atoms with van der Waals surface area (Å²) < 4.78 is 0. The van der Waals surface area contributed by atoms with Gasteiger partial charge in [-0.15, -0.1) is 0 Å². The van der Waals surface area contributed by atoms with Crippen molar-refractivity contribution in [2.75, 3.05) is 12.3 Å². The number of aliphatic carboxylic acids is 1. The van der Waals surface area contributed by atoms with Gasteiger partial charge in [0.05, 0.1) is 18.7 Å². The van der Waals surface area contributed by atoms with Gasteiger partial charge in [0.1, 0.15) is 36.5 Å².